The molecule has 2 heteroatoms. The van der Waals surface area contributed by atoms with Crippen molar-refractivity contribution >= 4 is 21.4 Å². The maximum absolute atomic E-state index is 5.85. The second-order valence-corrected chi connectivity index (χ2v) is 6.24. The average molecular weight is 231 g/mol. The molecule has 2 atom stereocenters. The third-order valence-electron chi connectivity index (χ3n) is 4.15. The van der Waals surface area contributed by atoms with Crippen molar-refractivity contribution in [3.63, 3.8) is 0 Å². The van der Waals surface area contributed by atoms with Crippen LogP contribution in [-0.4, -0.2) is 6.54 Å². The minimum Gasteiger partial charge on any atom is -0.330 e. The fourth-order valence-electron chi connectivity index (χ4n) is 3.04. The van der Waals surface area contributed by atoms with Crippen molar-refractivity contribution in [1.29, 1.82) is 0 Å². The maximum atomic E-state index is 5.85. The van der Waals surface area contributed by atoms with E-state index in [9.17, 15) is 0 Å². The van der Waals surface area contributed by atoms with Gasteiger partial charge in [0.2, 0.25) is 0 Å². The van der Waals surface area contributed by atoms with Crippen LogP contribution in [0.25, 0.3) is 10.1 Å². The van der Waals surface area contributed by atoms with Crippen LogP contribution in [0.15, 0.2) is 29.6 Å². The molecule has 16 heavy (non-hydrogen) atoms. The Morgan fingerprint density at radius 3 is 2.75 bits per heavy atom. The van der Waals surface area contributed by atoms with Gasteiger partial charge in [-0.15, -0.1) is 11.3 Å². The second kappa shape index (κ2) is 3.31. The molecule has 1 aromatic carbocycles. The van der Waals surface area contributed by atoms with Gasteiger partial charge in [-0.3, -0.25) is 0 Å². The predicted octanol–water partition coefficient (Wildman–Crippen LogP) is 3.60. The van der Waals surface area contributed by atoms with Crippen LogP contribution in [0.1, 0.15) is 25.3 Å². The SMILES string of the molecule is CC1(C)C(CN)C1c1csc2ccccc12. The molecule has 0 amide bonds. The van der Waals surface area contributed by atoms with Gasteiger partial charge in [0.25, 0.3) is 0 Å². The van der Waals surface area contributed by atoms with Gasteiger partial charge < -0.3 is 5.73 Å². The van der Waals surface area contributed by atoms with Gasteiger partial charge in [0.15, 0.2) is 0 Å². The first-order chi connectivity index (χ1) is 7.66. The molecule has 0 saturated heterocycles. The van der Waals surface area contributed by atoms with Gasteiger partial charge in [-0.1, -0.05) is 32.0 Å². The first-order valence-electron chi connectivity index (χ1n) is 5.82. The van der Waals surface area contributed by atoms with Crippen LogP contribution in [0.5, 0.6) is 0 Å². The summed E-state index contributed by atoms with van der Waals surface area (Å²) in [5.41, 5.74) is 7.76. The molecule has 84 valence electrons. The van der Waals surface area contributed by atoms with Crippen LogP contribution in [0, 0.1) is 11.3 Å². The molecule has 2 aromatic rings. The normalized spacial score (nSPS) is 27.2. The molecule has 2 unspecified atom stereocenters. The highest BCUT2D eigenvalue weighted by molar-refractivity contribution is 7.17. The number of nitrogens with two attached hydrogens (primary N) is 1. The Labute approximate surface area is 100 Å². The first kappa shape index (κ1) is 10.3. The lowest BCUT2D eigenvalue weighted by Gasteiger charge is -2.01. The predicted molar refractivity (Wildman–Crippen MR) is 70.9 cm³/mol. The molecule has 2 N–H and O–H groups in total. The highest BCUT2D eigenvalue weighted by Gasteiger charge is 2.57. The van der Waals surface area contributed by atoms with E-state index in [0.717, 1.165) is 6.54 Å². The molecule has 0 bridgehead atoms. The lowest BCUT2D eigenvalue weighted by molar-refractivity contribution is 0.559. The summed E-state index contributed by atoms with van der Waals surface area (Å²) in [4.78, 5) is 0. The summed E-state index contributed by atoms with van der Waals surface area (Å²) < 4.78 is 1.40. The largest absolute Gasteiger partial charge is 0.330 e. The Balaban J connectivity index is 2.08. The smallest absolute Gasteiger partial charge is 0.0345 e. The Kier molecular flexibility index (Phi) is 2.13. The number of hydrogen-bond donors (Lipinski definition) is 1. The average Bonchev–Trinajstić information content (AvgIpc) is 2.66. The zero-order valence-corrected chi connectivity index (χ0v) is 10.6. The molecular weight excluding hydrogens is 214 g/mol. The van der Waals surface area contributed by atoms with Crippen LogP contribution in [0.3, 0.4) is 0 Å². The van der Waals surface area contributed by atoms with E-state index in [1.54, 1.807) is 0 Å². The maximum Gasteiger partial charge on any atom is 0.0345 e. The van der Waals surface area contributed by atoms with Gasteiger partial charge in [0.1, 0.15) is 0 Å². The van der Waals surface area contributed by atoms with Crippen molar-refractivity contribution in [2.45, 2.75) is 19.8 Å². The Morgan fingerprint density at radius 2 is 2.06 bits per heavy atom. The minimum absolute atomic E-state index is 0.387. The first-order valence-corrected chi connectivity index (χ1v) is 6.70. The summed E-state index contributed by atoms with van der Waals surface area (Å²) in [6, 6.07) is 8.69. The molecule has 0 radical (unpaired) electrons. The summed E-state index contributed by atoms with van der Waals surface area (Å²) in [7, 11) is 0. The van der Waals surface area contributed by atoms with E-state index in [4.69, 9.17) is 5.73 Å². The quantitative estimate of drug-likeness (QED) is 0.839. The summed E-state index contributed by atoms with van der Waals surface area (Å²) in [5.74, 6) is 1.32. The highest BCUT2D eigenvalue weighted by atomic mass is 32.1. The van der Waals surface area contributed by atoms with Crippen molar-refractivity contribution in [2.75, 3.05) is 6.54 Å². The van der Waals surface area contributed by atoms with Crippen molar-refractivity contribution in [1.82, 2.24) is 0 Å². The molecule has 1 aromatic heterocycles. The number of benzene rings is 1. The molecule has 3 rings (SSSR count). The molecule has 1 aliphatic rings. The third kappa shape index (κ3) is 1.26. The Hall–Kier alpha value is -0.860. The standard InChI is InChI=1S/C14H17NS/c1-14(2)11(7-15)13(14)10-8-16-12-6-4-3-5-9(10)12/h3-6,8,11,13H,7,15H2,1-2H3. The van der Waals surface area contributed by atoms with E-state index in [-0.39, 0.29) is 0 Å². The van der Waals surface area contributed by atoms with E-state index in [0.29, 0.717) is 17.3 Å². The zero-order chi connectivity index (χ0) is 11.3. The van der Waals surface area contributed by atoms with Gasteiger partial charge in [-0.05, 0) is 46.2 Å². The van der Waals surface area contributed by atoms with Crippen LogP contribution in [-0.2, 0) is 0 Å². The van der Waals surface area contributed by atoms with Gasteiger partial charge >= 0.3 is 0 Å². The Bertz CT molecular complexity index is 526. The number of rotatable bonds is 2. The van der Waals surface area contributed by atoms with Crippen molar-refractivity contribution in [2.24, 2.45) is 17.1 Å². The molecule has 1 aliphatic carbocycles. The van der Waals surface area contributed by atoms with E-state index in [1.807, 2.05) is 11.3 Å². The van der Waals surface area contributed by atoms with Crippen molar-refractivity contribution in [3.05, 3.63) is 35.2 Å². The summed E-state index contributed by atoms with van der Waals surface area (Å²) in [5, 5.41) is 3.76. The molecule has 0 spiro atoms. The van der Waals surface area contributed by atoms with Crippen molar-refractivity contribution < 1.29 is 0 Å². The molecule has 1 nitrogen and oxygen atoms in total. The summed E-state index contributed by atoms with van der Waals surface area (Å²) >= 11 is 1.85. The van der Waals surface area contributed by atoms with Gasteiger partial charge in [-0.25, -0.2) is 0 Å². The summed E-state index contributed by atoms with van der Waals surface area (Å²) in [6.45, 7) is 5.48. The third-order valence-corrected chi connectivity index (χ3v) is 5.13. The van der Waals surface area contributed by atoms with Crippen LogP contribution in [0.2, 0.25) is 0 Å². The fraction of sp³-hybridized carbons (Fsp3) is 0.429. The zero-order valence-electron chi connectivity index (χ0n) is 9.73. The Morgan fingerprint density at radius 1 is 1.31 bits per heavy atom. The number of fused-ring (bicyclic) bond motifs is 1. The van der Waals surface area contributed by atoms with E-state index < -0.39 is 0 Å². The topological polar surface area (TPSA) is 26.0 Å². The van der Waals surface area contributed by atoms with Crippen LogP contribution < -0.4 is 5.73 Å². The molecular formula is C14H17NS. The van der Waals surface area contributed by atoms with Crippen molar-refractivity contribution in [3.8, 4) is 0 Å². The molecule has 0 aliphatic heterocycles. The van der Waals surface area contributed by atoms with E-state index in [2.05, 4.69) is 43.5 Å². The monoisotopic (exact) mass is 231 g/mol. The number of hydrogen-bond acceptors (Lipinski definition) is 2. The van der Waals surface area contributed by atoms with Gasteiger partial charge in [0.05, 0.1) is 0 Å². The van der Waals surface area contributed by atoms with Gasteiger partial charge in [0, 0.05) is 4.70 Å². The lowest BCUT2D eigenvalue weighted by Crippen LogP contribution is -2.05. The summed E-state index contributed by atoms with van der Waals surface area (Å²) in [6.07, 6.45) is 0. The lowest BCUT2D eigenvalue weighted by atomic mass is 10.0. The molecule has 1 fully saturated rings. The number of thiophene rings is 1. The second-order valence-electron chi connectivity index (χ2n) is 5.33. The van der Waals surface area contributed by atoms with Gasteiger partial charge in [-0.2, -0.15) is 0 Å². The molecule has 1 heterocycles. The minimum atomic E-state index is 0.387. The molecule has 1 saturated carbocycles. The highest BCUT2D eigenvalue weighted by Crippen LogP contribution is 2.65. The van der Waals surface area contributed by atoms with Crippen LogP contribution in [0.4, 0.5) is 0 Å². The van der Waals surface area contributed by atoms with E-state index >= 15 is 0 Å². The van der Waals surface area contributed by atoms with Crippen LogP contribution >= 0.6 is 11.3 Å². The fourth-order valence-corrected chi connectivity index (χ4v) is 4.04. The van der Waals surface area contributed by atoms with E-state index in [1.165, 1.54) is 15.6 Å².